The second kappa shape index (κ2) is 7.14. The summed E-state index contributed by atoms with van der Waals surface area (Å²) in [6.07, 6.45) is 4.90. The Morgan fingerprint density at radius 2 is 1.91 bits per heavy atom. The van der Waals surface area contributed by atoms with Crippen LogP contribution in [0.15, 0.2) is 63.3 Å². The van der Waals surface area contributed by atoms with E-state index in [0.29, 0.717) is 6.54 Å². The smallest absolute Gasteiger partial charge is 0.0420 e. The number of nitrogens with two attached hydrogens (primary N) is 1. The molecular formula is C18H17ClN2S. The summed E-state index contributed by atoms with van der Waals surface area (Å²) >= 11 is 7.99. The minimum absolute atomic E-state index is 0.495. The van der Waals surface area contributed by atoms with Gasteiger partial charge in [0.1, 0.15) is 0 Å². The van der Waals surface area contributed by atoms with Crippen LogP contribution in [0.1, 0.15) is 17.5 Å². The van der Waals surface area contributed by atoms with E-state index in [4.69, 9.17) is 17.3 Å². The Morgan fingerprint density at radius 1 is 1.09 bits per heavy atom. The number of hydrogen-bond donors (Lipinski definition) is 1. The molecular weight excluding hydrogens is 312 g/mol. The van der Waals surface area contributed by atoms with Gasteiger partial charge < -0.3 is 5.73 Å². The highest BCUT2D eigenvalue weighted by molar-refractivity contribution is 7.99. The first-order chi connectivity index (χ1) is 10.8. The topological polar surface area (TPSA) is 38.4 Å². The summed E-state index contributed by atoms with van der Waals surface area (Å²) in [7, 11) is 0. The van der Waals surface area contributed by atoms with Crippen LogP contribution in [0.3, 0.4) is 0 Å². The molecule has 0 spiro atoms. The van der Waals surface area contributed by atoms with Crippen molar-refractivity contribution in [2.45, 2.75) is 16.2 Å². The Morgan fingerprint density at radius 3 is 2.77 bits per heavy atom. The maximum atomic E-state index is 6.20. The molecule has 0 atom stereocenters. The molecule has 0 aliphatic carbocycles. The zero-order valence-corrected chi connectivity index (χ0v) is 13.7. The zero-order valence-electron chi connectivity index (χ0n) is 12.1. The molecule has 0 saturated carbocycles. The fourth-order valence-corrected chi connectivity index (χ4v) is 3.77. The van der Waals surface area contributed by atoms with Crippen molar-refractivity contribution in [3.8, 4) is 0 Å². The van der Waals surface area contributed by atoms with Gasteiger partial charge in [-0.25, -0.2) is 0 Å². The molecule has 4 heteroatoms. The Bertz CT molecular complexity index is 738. The molecule has 2 nitrogen and oxygen atoms in total. The lowest BCUT2D eigenvalue weighted by Gasteiger charge is -2.22. The predicted octanol–water partition coefficient (Wildman–Crippen LogP) is 4.66. The number of halogens is 1. The van der Waals surface area contributed by atoms with Crippen molar-refractivity contribution < 1.29 is 0 Å². The first-order valence-electron chi connectivity index (χ1n) is 7.25. The Hall–Kier alpha value is -1.55. The number of fused-ring (bicyclic) bond motifs is 2. The molecule has 2 N–H and O–H groups in total. The van der Waals surface area contributed by atoms with E-state index in [0.717, 1.165) is 18.0 Å². The van der Waals surface area contributed by atoms with Crippen molar-refractivity contribution in [3.05, 3.63) is 64.7 Å². The molecule has 0 fully saturated rings. The van der Waals surface area contributed by atoms with Crippen LogP contribution in [0.25, 0.3) is 5.57 Å². The van der Waals surface area contributed by atoms with Gasteiger partial charge in [0.25, 0.3) is 0 Å². The van der Waals surface area contributed by atoms with Crippen molar-refractivity contribution >= 4 is 35.2 Å². The van der Waals surface area contributed by atoms with E-state index in [9.17, 15) is 0 Å². The second-order valence-corrected chi connectivity index (χ2v) is 6.49. The molecule has 0 amide bonds. The van der Waals surface area contributed by atoms with Gasteiger partial charge in [0.05, 0.1) is 0 Å². The minimum atomic E-state index is 0.495. The molecule has 0 aromatic heterocycles. The van der Waals surface area contributed by atoms with E-state index < -0.39 is 0 Å². The third-order valence-corrected chi connectivity index (χ3v) is 4.86. The SMILES string of the molecule is NCC=NCC/C=C1/c2ccccc2Sc2ccc(Cl)cc21. The zero-order chi connectivity index (χ0) is 15.4. The van der Waals surface area contributed by atoms with Crippen LogP contribution in [0, 0.1) is 0 Å². The van der Waals surface area contributed by atoms with Gasteiger partial charge in [-0.3, -0.25) is 4.99 Å². The first-order valence-corrected chi connectivity index (χ1v) is 8.44. The van der Waals surface area contributed by atoms with E-state index in [1.165, 1.54) is 26.5 Å². The van der Waals surface area contributed by atoms with Gasteiger partial charge in [-0.05, 0) is 47.4 Å². The Balaban J connectivity index is 1.98. The van der Waals surface area contributed by atoms with E-state index in [-0.39, 0.29) is 0 Å². The summed E-state index contributed by atoms with van der Waals surface area (Å²) in [6, 6.07) is 14.6. The summed E-state index contributed by atoms with van der Waals surface area (Å²) < 4.78 is 0. The average molecular weight is 329 g/mol. The summed E-state index contributed by atoms with van der Waals surface area (Å²) in [5, 5.41) is 0.769. The van der Waals surface area contributed by atoms with Crippen molar-refractivity contribution in [1.29, 1.82) is 0 Å². The first kappa shape index (κ1) is 15.3. The largest absolute Gasteiger partial charge is 0.326 e. The monoisotopic (exact) mass is 328 g/mol. The molecule has 0 unspecified atom stereocenters. The fourth-order valence-electron chi connectivity index (χ4n) is 2.51. The van der Waals surface area contributed by atoms with Crippen LogP contribution < -0.4 is 5.73 Å². The van der Waals surface area contributed by atoms with Crippen LogP contribution in [0.4, 0.5) is 0 Å². The molecule has 0 saturated heterocycles. The predicted molar refractivity (Wildman–Crippen MR) is 96.1 cm³/mol. The summed E-state index contributed by atoms with van der Waals surface area (Å²) in [5.41, 5.74) is 9.14. The summed E-state index contributed by atoms with van der Waals surface area (Å²) in [5.74, 6) is 0. The summed E-state index contributed by atoms with van der Waals surface area (Å²) in [4.78, 5) is 6.81. The molecule has 2 aromatic rings. The molecule has 1 heterocycles. The van der Waals surface area contributed by atoms with Gasteiger partial charge in [-0.1, -0.05) is 47.6 Å². The molecule has 1 aliphatic rings. The molecule has 0 radical (unpaired) electrons. The Labute approximate surface area is 140 Å². The van der Waals surface area contributed by atoms with Crippen LogP contribution in [-0.2, 0) is 0 Å². The van der Waals surface area contributed by atoms with E-state index in [2.05, 4.69) is 47.5 Å². The van der Waals surface area contributed by atoms with Gasteiger partial charge in [0, 0.05) is 34.1 Å². The quantitative estimate of drug-likeness (QED) is 0.559. The van der Waals surface area contributed by atoms with Crippen LogP contribution in [-0.4, -0.2) is 19.3 Å². The molecule has 3 rings (SSSR count). The average Bonchev–Trinajstić information content (AvgIpc) is 2.54. The van der Waals surface area contributed by atoms with Gasteiger partial charge in [0.2, 0.25) is 0 Å². The van der Waals surface area contributed by atoms with Crippen LogP contribution in [0.5, 0.6) is 0 Å². The van der Waals surface area contributed by atoms with E-state index in [1.54, 1.807) is 18.0 Å². The third kappa shape index (κ3) is 3.27. The normalized spacial score (nSPS) is 15.1. The lowest BCUT2D eigenvalue weighted by Crippen LogP contribution is -2.00. The van der Waals surface area contributed by atoms with Gasteiger partial charge >= 0.3 is 0 Å². The maximum absolute atomic E-state index is 6.20. The van der Waals surface area contributed by atoms with E-state index in [1.807, 2.05) is 6.07 Å². The van der Waals surface area contributed by atoms with Crippen molar-refractivity contribution in [3.63, 3.8) is 0 Å². The molecule has 0 bridgehead atoms. The van der Waals surface area contributed by atoms with Gasteiger partial charge in [0.15, 0.2) is 0 Å². The van der Waals surface area contributed by atoms with Crippen LogP contribution >= 0.6 is 23.4 Å². The highest BCUT2D eigenvalue weighted by atomic mass is 35.5. The molecule has 22 heavy (non-hydrogen) atoms. The number of benzene rings is 2. The highest BCUT2D eigenvalue weighted by Gasteiger charge is 2.20. The van der Waals surface area contributed by atoms with Crippen LogP contribution in [0.2, 0.25) is 5.02 Å². The molecule has 2 aromatic carbocycles. The summed E-state index contributed by atoms with van der Waals surface area (Å²) in [6.45, 7) is 1.25. The lowest BCUT2D eigenvalue weighted by atomic mass is 9.96. The minimum Gasteiger partial charge on any atom is -0.326 e. The third-order valence-electron chi connectivity index (χ3n) is 3.47. The number of hydrogen-bond acceptors (Lipinski definition) is 3. The van der Waals surface area contributed by atoms with E-state index >= 15 is 0 Å². The standard InChI is InChI=1S/C18H17ClN2S/c19-13-7-8-18-16(12-13)14(5-3-10-21-11-9-20)15-4-1-2-6-17(15)22-18/h1-2,4-8,11-12H,3,9-10,20H2/b14-5-,21-11?. The van der Waals surface area contributed by atoms with Gasteiger partial charge in [-0.15, -0.1) is 0 Å². The number of aliphatic imine (C=N–C) groups is 1. The number of nitrogens with zero attached hydrogens (tertiary/aromatic N) is 1. The fraction of sp³-hybridized carbons (Fsp3) is 0.167. The van der Waals surface area contributed by atoms with Gasteiger partial charge in [-0.2, -0.15) is 0 Å². The van der Waals surface area contributed by atoms with Crippen molar-refractivity contribution in [1.82, 2.24) is 0 Å². The molecule has 112 valence electrons. The molecule has 1 aliphatic heterocycles. The maximum Gasteiger partial charge on any atom is 0.0420 e. The van der Waals surface area contributed by atoms with Crippen molar-refractivity contribution in [2.75, 3.05) is 13.1 Å². The lowest BCUT2D eigenvalue weighted by molar-refractivity contribution is 1.01. The Kier molecular flexibility index (Phi) is 4.98. The number of rotatable bonds is 4. The highest BCUT2D eigenvalue weighted by Crippen LogP contribution is 2.46. The second-order valence-electron chi connectivity index (χ2n) is 4.97. The van der Waals surface area contributed by atoms with Crippen molar-refractivity contribution in [2.24, 2.45) is 10.7 Å².